The summed E-state index contributed by atoms with van der Waals surface area (Å²) in [5.74, 6) is 1.71. The third-order valence-electron chi connectivity index (χ3n) is 8.25. The molecule has 0 aromatic rings. The Hall–Kier alpha value is -0.700. The highest BCUT2D eigenvalue weighted by Crippen LogP contribution is 2.66. The summed E-state index contributed by atoms with van der Waals surface area (Å²) in [6.07, 6.45) is 8.04. The van der Waals surface area contributed by atoms with E-state index in [1.54, 1.807) is 0 Å². The molecule has 0 amide bonds. The minimum absolute atomic E-state index is 0.0298. The van der Waals surface area contributed by atoms with Crippen LogP contribution >= 0.6 is 0 Å². The van der Waals surface area contributed by atoms with E-state index < -0.39 is 0 Å². The largest absolute Gasteiger partial charge is 0.393 e. The van der Waals surface area contributed by atoms with E-state index in [9.17, 15) is 14.3 Å². The fraction of sp³-hybridized carbons (Fsp3) is 0.850. The molecule has 1 unspecified atom stereocenters. The average molecular weight is 320 g/mol. The van der Waals surface area contributed by atoms with Gasteiger partial charge in [-0.15, -0.1) is 0 Å². The lowest BCUT2D eigenvalue weighted by molar-refractivity contribution is -0.118. The van der Waals surface area contributed by atoms with Gasteiger partial charge >= 0.3 is 0 Å². The van der Waals surface area contributed by atoms with Crippen molar-refractivity contribution in [3.8, 4) is 0 Å². The summed E-state index contributed by atoms with van der Waals surface area (Å²) >= 11 is 0. The van der Waals surface area contributed by atoms with E-state index in [-0.39, 0.29) is 35.3 Å². The predicted molar refractivity (Wildman–Crippen MR) is 87.6 cm³/mol. The second-order valence-corrected chi connectivity index (χ2v) is 9.10. The second kappa shape index (κ2) is 5.15. The van der Waals surface area contributed by atoms with Crippen LogP contribution in [0.1, 0.15) is 58.8 Å². The van der Waals surface area contributed by atoms with Gasteiger partial charge in [0.15, 0.2) is 5.78 Å². The lowest BCUT2D eigenvalue weighted by atomic mass is 9.46. The van der Waals surface area contributed by atoms with Crippen LogP contribution in [0.25, 0.3) is 0 Å². The van der Waals surface area contributed by atoms with Crippen LogP contribution in [0.4, 0.5) is 4.39 Å². The molecule has 4 aliphatic rings. The number of hydrogen-bond acceptors (Lipinski definition) is 2. The van der Waals surface area contributed by atoms with Crippen molar-refractivity contribution in [3.05, 3.63) is 11.6 Å². The van der Waals surface area contributed by atoms with E-state index in [2.05, 4.69) is 13.8 Å². The third kappa shape index (κ3) is 2.04. The maximum Gasteiger partial charge on any atom is 0.155 e. The highest BCUT2D eigenvalue weighted by Gasteiger charge is 2.61. The Labute approximate surface area is 138 Å². The van der Waals surface area contributed by atoms with Gasteiger partial charge in [-0.3, -0.25) is 9.18 Å². The van der Waals surface area contributed by atoms with Crippen molar-refractivity contribution in [2.24, 2.45) is 34.5 Å². The number of aliphatic hydroxyl groups excluding tert-OH is 1. The molecule has 7 atom stereocenters. The SMILES string of the molecule is C[C@]12CC[C@H]3[C@@H](CCC4=CC(=O)CC[C@@]43C)[C@@H]1C(CF)C[C@@H]2O. The van der Waals surface area contributed by atoms with Gasteiger partial charge in [-0.1, -0.05) is 19.4 Å². The number of carbonyl (C=O) groups excluding carboxylic acids is 1. The quantitative estimate of drug-likeness (QED) is 0.790. The molecule has 3 heteroatoms. The van der Waals surface area contributed by atoms with Crippen molar-refractivity contribution < 1.29 is 14.3 Å². The molecule has 3 saturated carbocycles. The summed E-state index contributed by atoms with van der Waals surface area (Å²) in [6.45, 7) is 4.26. The molecular weight excluding hydrogens is 291 g/mol. The van der Waals surface area contributed by atoms with Crippen LogP contribution in [0.15, 0.2) is 11.6 Å². The van der Waals surface area contributed by atoms with Crippen LogP contribution in [-0.2, 0) is 4.79 Å². The summed E-state index contributed by atoms with van der Waals surface area (Å²) in [5, 5.41) is 10.6. The van der Waals surface area contributed by atoms with Gasteiger partial charge in [0, 0.05) is 6.42 Å². The Kier molecular flexibility index (Phi) is 3.54. The molecule has 0 radical (unpaired) electrons. The summed E-state index contributed by atoms with van der Waals surface area (Å²) in [4.78, 5) is 11.8. The first-order valence-corrected chi connectivity index (χ1v) is 9.38. The molecular formula is C20H29FO2. The molecule has 2 nitrogen and oxygen atoms in total. The molecule has 0 heterocycles. The van der Waals surface area contributed by atoms with Gasteiger partial charge in [-0.2, -0.15) is 0 Å². The average Bonchev–Trinajstić information content (AvgIpc) is 2.79. The van der Waals surface area contributed by atoms with E-state index in [0.29, 0.717) is 30.6 Å². The van der Waals surface area contributed by atoms with Gasteiger partial charge in [0.25, 0.3) is 0 Å². The Morgan fingerprint density at radius 3 is 2.78 bits per heavy atom. The molecule has 4 rings (SSSR count). The van der Waals surface area contributed by atoms with Crippen molar-refractivity contribution in [2.75, 3.05) is 6.67 Å². The molecule has 0 aliphatic heterocycles. The number of carbonyl (C=O) groups is 1. The smallest absolute Gasteiger partial charge is 0.155 e. The lowest BCUT2D eigenvalue weighted by Crippen LogP contribution is -2.52. The lowest BCUT2D eigenvalue weighted by Gasteiger charge is -2.58. The summed E-state index contributed by atoms with van der Waals surface area (Å²) < 4.78 is 13.7. The van der Waals surface area contributed by atoms with Crippen LogP contribution in [-0.4, -0.2) is 23.7 Å². The molecule has 23 heavy (non-hydrogen) atoms. The maximum atomic E-state index is 13.7. The van der Waals surface area contributed by atoms with E-state index >= 15 is 0 Å². The number of fused-ring (bicyclic) bond motifs is 5. The van der Waals surface area contributed by atoms with Crippen LogP contribution in [0.2, 0.25) is 0 Å². The number of rotatable bonds is 1. The van der Waals surface area contributed by atoms with Crippen LogP contribution in [0.3, 0.4) is 0 Å². The zero-order valence-corrected chi connectivity index (χ0v) is 14.4. The highest BCUT2D eigenvalue weighted by atomic mass is 19.1. The Balaban J connectivity index is 1.71. The standard InChI is InChI=1S/C20H29FO2/c1-19-7-5-14(22)10-13(19)3-4-15-16(19)6-8-20(2)17(23)9-12(11-21)18(15)20/h10,12,15-18,23H,3-9,11H2,1-2H3/t12?,15-,16+,17+,18+,19+,20-/m1/s1. The van der Waals surface area contributed by atoms with Crippen molar-refractivity contribution in [2.45, 2.75) is 64.9 Å². The van der Waals surface area contributed by atoms with E-state index in [1.807, 2.05) is 6.08 Å². The van der Waals surface area contributed by atoms with Crippen molar-refractivity contribution in [1.82, 2.24) is 0 Å². The summed E-state index contributed by atoms with van der Waals surface area (Å²) in [6, 6.07) is 0. The van der Waals surface area contributed by atoms with Gasteiger partial charge in [-0.25, -0.2) is 0 Å². The molecule has 0 bridgehead atoms. The topological polar surface area (TPSA) is 37.3 Å². The van der Waals surface area contributed by atoms with Gasteiger partial charge in [0.1, 0.15) is 0 Å². The normalized spacial score (nSPS) is 52.4. The number of allylic oxidation sites excluding steroid dienone is 1. The zero-order valence-electron chi connectivity index (χ0n) is 14.4. The number of alkyl halides is 1. The summed E-state index contributed by atoms with van der Waals surface area (Å²) in [5.41, 5.74) is 1.39. The van der Waals surface area contributed by atoms with E-state index in [0.717, 1.165) is 32.1 Å². The zero-order chi connectivity index (χ0) is 16.4. The first-order valence-electron chi connectivity index (χ1n) is 9.38. The molecule has 3 fully saturated rings. The maximum absolute atomic E-state index is 13.7. The number of hydrogen-bond donors (Lipinski definition) is 1. The number of ketones is 1. The third-order valence-corrected chi connectivity index (χ3v) is 8.25. The van der Waals surface area contributed by atoms with E-state index in [1.165, 1.54) is 5.57 Å². The Bertz CT molecular complexity index is 556. The minimum atomic E-state index is -0.341. The van der Waals surface area contributed by atoms with Gasteiger partial charge in [0.05, 0.1) is 12.8 Å². The van der Waals surface area contributed by atoms with Crippen LogP contribution in [0.5, 0.6) is 0 Å². The fourth-order valence-corrected chi connectivity index (χ4v) is 6.97. The molecule has 0 aromatic carbocycles. The van der Waals surface area contributed by atoms with Crippen molar-refractivity contribution >= 4 is 5.78 Å². The Morgan fingerprint density at radius 2 is 2.04 bits per heavy atom. The fourth-order valence-electron chi connectivity index (χ4n) is 6.97. The molecule has 0 aromatic heterocycles. The minimum Gasteiger partial charge on any atom is -0.393 e. The van der Waals surface area contributed by atoms with Crippen LogP contribution < -0.4 is 0 Å². The first-order chi connectivity index (χ1) is 10.9. The highest BCUT2D eigenvalue weighted by molar-refractivity contribution is 5.91. The molecule has 0 spiro atoms. The summed E-state index contributed by atoms with van der Waals surface area (Å²) in [7, 11) is 0. The van der Waals surface area contributed by atoms with Crippen molar-refractivity contribution in [1.29, 1.82) is 0 Å². The van der Waals surface area contributed by atoms with Gasteiger partial charge in [-0.05, 0) is 79.1 Å². The second-order valence-electron chi connectivity index (χ2n) is 9.10. The van der Waals surface area contributed by atoms with Gasteiger partial charge < -0.3 is 5.11 Å². The first kappa shape index (κ1) is 15.8. The number of halogens is 1. The van der Waals surface area contributed by atoms with E-state index in [4.69, 9.17) is 0 Å². The van der Waals surface area contributed by atoms with Crippen molar-refractivity contribution in [3.63, 3.8) is 0 Å². The molecule has 0 saturated heterocycles. The van der Waals surface area contributed by atoms with Gasteiger partial charge in [0.2, 0.25) is 0 Å². The number of aliphatic hydroxyl groups is 1. The molecule has 128 valence electrons. The molecule has 1 N–H and O–H groups in total. The molecule has 4 aliphatic carbocycles. The Morgan fingerprint density at radius 1 is 1.26 bits per heavy atom. The van der Waals surface area contributed by atoms with Crippen LogP contribution in [0, 0.1) is 34.5 Å². The predicted octanol–water partition coefficient (Wildman–Crippen LogP) is 4.07. The monoisotopic (exact) mass is 320 g/mol.